The fraction of sp³-hybridized carbons (Fsp3) is 0. The van der Waals surface area contributed by atoms with Crippen molar-refractivity contribution in [2.24, 2.45) is 0 Å². The summed E-state index contributed by atoms with van der Waals surface area (Å²) in [6.07, 6.45) is 4.19. The highest BCUT2D eigenvalue weighted by Crippen LogP contribution is 2.23. The average molecular weight is 320 g/mol. The molecule has 0 bridgehead atoms. The fourth-order valence-corrected chi connectivity index (χ4v) is 2.36. The Morgan fingerprint density at radius 1 is 0.958 bits per heavy atom. The first-order valence-corrected chi connectivity index (χ1v) is 6.92. The molecule has 0 aliphatic carbocycles. The van der Waals surface area contributed by atoms with Crippen molar-refractivity contribution in [3.05, 3.63) is 65.6 Å². The van der Waals surface area contributed by atoms with Gasteiger partial charge >= 0.3 is 5.97 Å². The molecule has 1 aliphatic rings. The summed E-state index contributed by atoms with van der Waals surface area (Å²) >= 11 is 0. The molecule has 0 saturated carbocycles. The molecular weight excluding hydrogens is 312 g/mol. The van der Waals surface area contributed by atoms with Gasteiger partial charge in [0.25, 0.3) is 11.8 Å². The van der Waals surface area contributed by atoms with E-state index in [1.165, 1.54) is 36.8 Å². The van der Waals surface area contributed by atoms with Gasteiger partial charge < -0.3 is 4.84 Å². The third-order valence-corrected chi connectivity index (χ3v) is 3.49. The Balaban J connectivity index is 1.62. The Morgan fingerprint density at radius 3 is 2.33 bits per heavy atom. The average Bonchev–Trinajstić information content (AvgIpc) is 2.86. The van der Waals surface area contributed by atoms with Crippen LogP contribution in [0, 0.1) is 0 Å². The second-order valence-corrected chi connectivity index (χ2v) is 4.95. The van der Waals surface area contributed by atoms with Crippen molar-refractivity contribution < 1.29 is 19.2 Å². The maximum Gasteiger partial charge on any atom is 0.365 e. The minimum Gasteiger partial charge on any atom is -0.324 e. The van der Waals surface area contributed by atoms with Crippen molar-refractivity contribution >= 4 is 28.9 Å². The summed E-state index contributed by atoms with van der Waals surface area (Å²) in [5, 5.41) is 0.452. The van der Waals surface area contributed by atoms with Crippen LogP contribution in [0.25, 0.3) is 11.2 Å². The molecular formula is C16H8N4O4. The summed E-state index contributed by atoms with van der Waals surface area (Å²) in [5.41, 5.74) is 1.21. The lowest BCUT2D eigenvalue weighted by Gasteiger charge is -2.12. The largest absolute Gasteiger partial charge is 0.365 e. The predicted octanol–water partition coefficient (Wildman–Crippen LogP) is 1.39. The molecule has 2 aromatic heterocycles. The van der Waals surface area contributed by atoms with Gasteiger partial charge in [0.2, 0.25) is 0 Å². The number of carbonyl (C=O) groups excluding carboxylic acids is 3. The van der Waals surface area contributed by atoms with E-state index in [2.05, 4.69) is 15.0 Å². The Bertz CT molecular complexity index is 983. The molecule has 0 unspecified atom stereocenters. The standard InChI is InChI=1S/C16H8N4O4/c21-14-10-3-1-2-4-11(10)15(22)20(14)24-16(23)9-7-12-13(19-8-9)18-6-5-17-12/h1-8H. The quantitative estimate of drug-likeness (QED) is 0.657. The number of nitrogens with zero attached hydrogens (tertiary/aromatic N) is 4. The highest BCUT2D eigenvalue weighted by atomic mass is 16.7. The van der Waals surface area contributed by atoms with Gasteiger partial charge in [-0.2, -0.15) is 0 Å². The number of fused-ring (bicyclic) bond motifs is 2. The Kier molecular flexibility index (Phi) is 3.02. The number of pyridine rings is 1. The zero-order valence-corrected chi connectivity index (χ0v) is 12.0. The first kappa shape index (κ1) is 13.9. The smallest absolute Gasteiger partial charge is 0.324 e. The number of carbonyl (C=O) groups is 3. The van der Waals surface area contributed by atoms with Crippen molar-refractivity contribution in [3.63, 3.8) is 0 Å². The van der Waals surface area contributed by atoms with Gasteiger partial charge in [-0.25, -0.2) is 14.8 Å². The minimum absolute atomic E-state index is 0.0551. The van der Waals surface area contributed by atoms with Crippen LogP contribution in [0.1, 0.15) is 31.1 Å². The van der Waals surface area contributed by atoms with E-state index in [1.54, 1.807) is 12.1 Å². The third kappa shape index (κ3) is 2.09. The molecule has 2 amide bonds. The number of amides is 2. The van der Waals surface area contributed by atoms with Gasteiger partial charge in [-0.3, -0.25) is 14.6 Å². The molecule has 8 heteroatoms. The van der Waals surface area contributed by atoms with E-state index >= 15 is 0 Å². The lowest BCUT2D eigenvalue weighted by atomic mass is 10.1. The molecule has 0 radical (unpaired) electrons. The highest BCUT2D eigenvalue weighted by molar-refractivity contribution is 6.21. The summed E-state index contributed by atoms with van der Waals surface area (Å²) in [7, 11) is 0. The van der Waals surface area contributed by atoms with Crippen LogP contribution in [-0.2, 0) is 4.84 Å². The summed E-state index contributed by atoms with van der Waals surface area (Å²) < 4.78 is 0. The van der Waals surface area contributed by atoms with Gasteiger partial charge in [0, 0.05) is 18.6 Å². The number of imide groups is 1. The second kappa shape index (κ2) is 5.20. The van der Waals surface area contributed by atoms with Crippen LogP contribution in [0.4, 0.5) is 0 Å². The van der Waals surface area contributed by atoms with Crippen molar-refractivity contribution in [2.45, 2.75) is 0 Å². The maximum absolute atomic E-state index is 12.2. The molecule has 1 aliphatic heterocycles. The molecule has 4 rings (SSSR count). The van der Waals surface area contributed by atoms with Gasteiger partial charge in [0.1, 0.15) is 5.52 Å². The van der Waals surface area contributed by atoms with Gasteiger partial charge in [0.05, 0.1) is 16.7 Å². The Labute approximate surface area is 134 Å². The molecule has 0 N–H and O–H groups in total. The highest BCUT2D eigenvalue weighted by Gasteiger charge is 2.38. The number of rotatable bonds is 2. The first-order chi connectivity index (χ1) is 11.6. The van der Waals surface area contributed by atoms with Crippen LogP contribution >= 0.6 is 0 Å². The Morgan fingerprint density at radius 2 is 1.62 bits per heavy atom. The fourth-order valence-electron chi connectivity index (χ4n) is 2.36. The van der Waals surface area contributed by atoms with Crippen LogP contribution in [-0.4, -0.2) is 37.8 Å². The van der Waals surface area contributed by atoms with E-state index in [4.69, 9.17) is 4.84 Å². The van der Waals surface area contributed by atoms with Crippen molar-refractivity contribution in [2.75, 3.05) is 0 Å². The van der Waals surface area contributed by atoms with Crippen LogP contribution < -0.4 is 0 Å². The third-order valence-electron chi connectivity index (χ3n) is 3.49. The number of benzene rings is 1. The Hall–Kier alpha value is -3.68. The first-order valence-electron chi connectivity index (χ1n) is 6.92. The summed E-state index contributed by atoms with van der Waals surface area (Å²) in [5.74, 6) is -2.25. The zero-order chi connectivity index (χ0) is 16.7. The van der Waals surface area contributed by atoms with Gasteiger partial charge in [-0.15, -0.1) is 0 Å². The van der Waals surface area contributed by atoms with E-state index in [0.717, 1.165) is 0 Å². The molecule has 1 aromatic carbocycles. The molecule has 3 aromatic rings. The number of hydrogen-bond acceptors (Lipinski definition) is 7. The predicted molar refractivity (Wildman–Crippen MR) is 79.7 cm³/mol. The van der Waals surface area contributed by atoms with E-state index < -0.39 is 17.8 Å². The normalized spacial score (nSPS) is 13.2. The van der Waals surface area contributed by atoms with Gasteiger partial charge in [0.15, 0.2) is 5.65 Å². The molecule has 0 atom stereocenters. The zero-order valence-electron chi connectivity index (χ0n) is 12.0. The lowest BCUT2D eigenvalue weighted by molar-refractivity contribution is -0.0584. The molecule has 8 nitrogen and oxygen atoms in total. The maximum atomic E-state index is 12.2. The minimum atomic E-state index is -0.885. The van der Waals surface area contributed by atoms with E-state index in [0.29, 0.717) is 16.2 Å². The van der Waals surface area contributed by atoms with Crippen LogP contribution in [0.3, 0.4) is 0 Å². The van der Waals surface area contributed by atoms with E-state index in [-0.39, 0.29) is 16.7 Å². The van der Waals surface area contributed by atoms with Crippen LogP contribution in [0.2, 0.25) is 0 Å². The number of hydroxylamine groups is 2. The number of aromatic nitrogens is 3. The molecule has 0 fully saturated rings. The molecule has 0 spiro atoms. The van der Waals surface area contributed by atoms with Crippen LogP contribution in [0.15, 0.2) is 48.9 Å². The van der Waals surface area contributed by atoms with Crippen molar-refractivity contribution in [1.82, 2.24) is 20.0 Å². The van der Waals surface area contributed by atoms with E-state index in [9.17, 15) is 14.4 Å². The van der Waals surface area contributed by atoms with Gasteiger partial charge in [-0.1, -0.05) is 17.2 Å². The molecule has 3 heterocycles. The monoisotopic (exact) mass is 320 g/mol. The molecule has 24 heavy (non-hydrogen) atoms. The number of hydrogen-bond donors (Lipinski definition) is 0. The lowest BCUT2D eigenvalue weighted by Crippen LogP contribution is -2.32. The van der Waals surface area contributed by atoms with Crippen LogP contribution in [0.5, 0.6) is 0 Å². The summed E-state index contributed by atoms with van der Waals surface area (Å²) in [6.45, 7) is 0. The molecule has 116 valence electrons. The summed E-state index contributed by atoms with van der Waals surface area (Å²) in [6, 6.07) is 7.67. The second-order valence-electron chi connectivity index (χ2n) is 4.95. The van der Waals surface area contributed by atoms with Crippen molar-refractivity contribution in [3.8, 4) is 0 Å². The van der Waals surface area contributed by atoms with Crippen molar-refractivity contribution in [1.29, 1.82) is 0 Å². The van der Waals surface area contributed by atoms with E-state index in [1.807, 2.05) is 0 Å². The molecule has 0 saturated heterocycles. The summed E-state index contributed by atoms with van der Waals surface area (Å²) in [4.78, 5) is 53.6. The van der Waals surface area contributed by atoms with Gasteiger partial charge in [-0.05, 0) is 18.2 Å². The topological polar surface area (TPSA) is 102 Å². The SMILES string of the molecule is O=C(ON1C(=O)c2ccccc2C1=O)c1cnc2nccnc2c1.